The summed E-state index contributed by atoms with van der Waals surface area (Å²) in [7, 11) is 0. The average Bonchev–Trinajstić information content (AvgIpc) is 2.02. The number of hydrogen-bond acceptors (Lipinski definition) is 3. The van der Waals surface area contributed by atoms with Gasteiger partial charge in [0.1, 0.15) is 0 Å². The van der Waals surface area contributed by atoms with Gasteiger partial charge in [-0.2, -0.15) is 4.39 Å². The second kappa shape index (κ2) is 3.41. The van der Waals surface area contributed by atoms with Crippen LogP contribution in [-0.2, 0) is 0 Å². The molecule has 0 spiro atoms. The second-order valence-electron chi connectivity index (χ2n) is 2.71. The minimum atomic E-state index is -1.18. The molecule has 14 heavy (non-hydrogen) atoms. The molecule has 0 aliphatic rings. The van der Waals surface area contributed by atoms with Crippen LogP contribution in [0.4, 0.5) is 10.1 Å². The monoisotopic (exact) mass is 198 g/mol. The predicted molar refractivity (Wildman–Crippen MR) is 46.3 cm³/mol. The number of halogens is 1. The Kier molecular flexibility index (Phi) is 2.46. The first kappa shape index (κ1) is 10.1. The van der Waals surface area contributed by atoms with Crippen molar-refractivity contribution in [1.29, 1.82) is 0 Å². The van der Waals surface area contributed by atoms with Gasteiger partial charge in [0, 0.05) is 5.56 Å². The Bertz CT molecular complexity index is 417. The third-order valence-electron chi connectivity index (χ3n) is 1.77. The Labute approximate surface area is 78.5 Å². The van der Waals surface area contributed by atoms with Crippen LogP contribution in [0.2, 0.25) is 0 Å². The van der Waals surface area contributed by atoms with E-state index in [9.17, 15) is 19.3 Å². The molecule has 0 radical (unpaired) electrons. The Balaban J connectivity index is 3.49. The van der Waals surface area contributed by atoms with Gasteiger partial charge in [-0.15, -0.1) is 0 Å². The molecule has 0 unspecified atom stereocenters. The summed E-state index contributed by atoms with van der Waals surface area (Å²) < 4.78 is 13.3. The van der Waals surface area contributed by atoms with Crippen LogP contribution in [0.3, 0.4) is 0 Å². The molecule has 1 rings (SSSR count). The van der Waals surface area contributed by atoms with Crippen LogP contribution in [-0.4, -0.2) is 10.8 Å². The molecule has 6 heteroatoms. The fourth-order valence-electron chi connectivity index (χ4n) is 1.08. The first-order chi connectivity index (χ1) is 6.45. The number of rotatable bonds is 2. The normalized spacial score (nSPS) is 9.86. The first-order valence-electron chi connectivity index (χ1n) is 3.68. The van der Waals surface area contributed by atoms with Gasteiger partial charge in [-0.25, -0.2) is 0 Å². The van der Waals surface area contributed by atoms with Gasteiger partial charge in [-0.05, 0) is 13.0 Å². The second-order valence-corrected chi connectivity index (χ2v) is 2.71. The number of nitrogens with zero attached hydrogens (tertiary/aromatic N) is 1. The van der Waals surface area contributed by atoms with E-state index in [1.165, 1.54) is 13.0 Å². The van der Waals surface area contributed by atoms with E-state index in [-0.39, 0.29) is 5.56 Å². The SMILES string of the molecule is Cc1ccc(C(N)=O)c(F)c1[N+](=O)[O-]. The van der Waals surface area contributed by atoms with Gasteiger partial charge in [0.05, 0.1) is 10.5 Å². The fraction of sp³-hybridized carbons (Fsp3) is 0.125. The van der Waals surface area contributed by atoms with Crippen molar-refractivity contribution >= 4 is 11.6 Å². The van der Waals surface area contributed by atoms with Crippen LogP contribution in [0.1, 0.15) is 15.9 Å². The lowest BCUT2D eigenvalue weighted by Gasteiger charge is -2.01. The number of amides is 1. The molecule has 74 valence electrons. The minimum absolute atomic E-state index is 0.150. The molecule has 5 nitrogen and oxygen atoms in total. The molecular formula is C8H7FN2O3. The van der Waals surface area contributed by atoms with Crippen molar-refractivity contribution in [2.45, 2.75) is 6.92 Å². The van der Waals surface area contributed by atoms with Gasteiger partial charge in [-0.3, -0.25) is 14.9 Å². The summed E-state index contributed by atoms with van der Waals surface area (Å²) in [5.41, 5.74) is 3.81. The third-order valence-corrected chi connectivity index (χ3v) is 1.77. The molecule has 0 saturated carbocycles. The van der Waals surface area contributed by atoms with Crippen LogP contribution >= 0.6 is 0 Å². The van der Waals surface area contributed by atoms with Crippen molar-refractivity contribution < 1.29 is 14.1 Å². The summed E-state index contributed by atoms with van der Waals surface area (Å²) in [6.45, 7) is 1.38. The first-order valence-corrected chi connectivity index (χ1v) is 3.68. The Morgan fingerprint density at radius 2 is 2.14 bits per heavy atom. The summed E-state index contributed by atoms with van der Waals surface area (Å²) in [6, 6.07) is 2.40. The molecule has 0 fully saturated rings. The van der Waals surface area contributed by atoms with Gasteiger partial charge in [-0.1, -0.05) is 6.07 Å². The van der Waals surface area contributed by atoms with Crippen LogP contribution in [0.15, 0.2) is 12.1 Å². The molecule has 0 bridgehead atoms. The maximum atomic E-state index is 13.3. The summed E-state index contributed by atoms with van der Waals surface area (Å²) >= 11 is 0. The van der Waals surface area contributed by atoms with Gasteiger partial charge in [0.2, 0.25) is 5.82 Å². The number of aryl methyl sites for hydroxylation is 1. The molecule has 0 saturated heterocycles. The van der Waals surface area contributed by atoms with Gasteiger partial charge in [0.15, 0.2) is 0 Å². The Morgan fingerprint density at radius 3 is 2.57 bits per heavy atom. The lowest BCUT2D eigenvalue weighted by molar-refractivity contribution is -0.388. The predicted octanol–water partition coefficient (Wildman–Crippen LogP) is 1.14. The quantitative estimate of drug-likeness (QED) is 0.571. The van der Waals surface area contributed by atoms with E-state index < -0.39 is 27.9 Å². The minimum Gasteiger partial charge on any atom is -0.366 e. The van der Waals surface area contributed by atoms with Crippen LogP contribution < -0.4 is 5.73 Å². The van der Waals surface area contributed by atoms with Gasteiger partial charge >= 0.3 is 5.69 Å². The Hall–Kier alpha value is -1.98. The molecule has 0 heterocycles. The van der Waals surface area contributed by atoms with Crippen molar-refractivity contribution in [1.82, 2.24) is 0 Å². The van der Waals surface area contributed by atoms with Crippen molar-refractivity contribution in [2.24, 2.45) is 5.73 Å². The maximum Gasteiger partial charge on any atom is 0.308 e. The fourth-order valence-corrected chi connectivity index (χ4v) is 1.08. The Morgan fingerprint density at radius 1 is 1.57 bits per heavy atom. The van der Waals surface area contributed by atoms with E-state index in [2.05, 4.69) is 0 Å². The summed E-state index contributed by atoms with van der Waals surface area (Å²) in [4.78, 5) is 20.2. The van der Waals surface area contributed by atoms with E-state index in [0.717, 1.165) is 6.07 Å². The molecule has 1 amide bonds. The summed E-state index contributed by atoms with van der Waals surface area (Å²) in [6.07, 6.45) is 0. The van der Waals surface area contributed by atoms with Crippen LogP contribution in [0.5, 0.6) is 0 Å². The number of carbonyl (C=O) groups is 1. The zero-order valence-corrected chi connectivity index (χ0v) is 7.28. The van der Waals surface area contributed by atoms with Crippen LogP contribution in [0, 0.1) is 22.9 Å². The molecule has 0 atom stereocenters. The summed E-state index contributed by atoms with van der Waals surface area (Å²) in [5, 5.41) is 10.4. The number of nitrogens with two attached hydrogens (primary N) is 1. The number of benzene rings is 1. The molecule has 0 aromatic heterocycles. The molecular weight excluding hydrogens is 191 g/mol. The molecule has 0 aliphatic heterocycles. The number of nitro groups is 1. The van der Waals surface area contributed by atoms with Crippen molar-refractivity contribution in [3.8, 4) is 0 Å². The number of primary amides is 1. The number of hydrogen-bond donors (Lipinski definition) is 1. The van der Waals surface area contributed by atoms with Crippen molar-refractivity contribution in [3.63, 3.8) is 0 Å². The third kappa shape index (κ3) is 1.54. The molecule has 1 aromatic rings. The largest absolute Gasteiger partial charge is 0.366 e. The van der Waals surface area contributed by atoms with Crippen molar-refractivity contribution in [2.75, 3.05) is 0 Å². The smallest absolute Gasteiger partial charge is 0.308 e. The van der Waals surface area contributed by atoms with Gasteiger partial charge in [0.25, 0.3) is 5.91 Å². The molecule has 2 N–H and O–H groups in total. The maximum absolute atomic E-state index is 13.3. The molecule has 1 aromatic carbocycles. The van der Waals surface area contributed by atoms with E-state index in [4.69, 9.17) is 5.73 Å². The zero-order valence-electron chi connectivity index (χ0n) is 7.28. The topological polar surface area (TPSA) is 86.2 Å². The zero-order chi connectivity index (χ0) is 10.9. The highest BCUT2D eigenvalue weighted by Gasteiger charge is 2.23. The lowest BCUT2D eigenvalue weighted by atomic mass is 10.1. The van der Waals surface area contributed by atoms with Gasteiger partial charge < -0.3 is 5.73 Å². The number of nitro benzene ring substituents is 1. The lowest BCUT2D eigenvalue weighted by Crippen LogP contribution is -2.14. The summed E-state index contributed by atoms with van der Waals surface area (Å²) in [5.74, 6) is -2.20. The highest BCUT2D eigenvalue weighted by Crippen LogP contribution is 2.24. The average molecular weight is 198 g/mol. The number of carbonyl (C=O) groups excluding carboxylic acids is 1. The highest BCUT2D eigenvalue weighted by atomic mass is 19.1. The van der Waals surface area contributed by atoms with E-state index in [0.29, 0.717) is 0 Å². The van der Waals surface area contributed by atoms with E-state index in [1.807, 2.05) is 0 Å². The van der Waals surface area contributed by atoms with Crippen molar-refractivity contribution in [3.05, 3.63) is 39.2 Å². The standard InChI is InChI=1S/C8H7FN2O3/c1-4-2-3-5(8(10)12)6(9)7(4)11(13)14/h2-3H,1H3,(H2,10,12). The van der Waals surface area contributed by atoms with E-state index >= 15 is 0 Å². The van der Waals surface area contributed by atoms with Crippen LogP contribution in [0.25, 0.3) is 0 Å². The molecule has 0 aliphatic carbocycles. The van der Waals surface area contributed by atoms with E-state index in [1.54, 1.807) is 0 Å². The highest BCUT2D eigenvalue weighted by molar-refractivity contribution is 5.94.